The Morgan fingerprint density at radius 2 is 2.15 bits per heavy atom. The molecule has 1 heterocycles. The number of fused-ring (bicyclic) bond motifs is 1. The largest absolute Gasteiger partial charge is 0.354 e. The minimum Gasteiger partial charge on any atom is -0.354 e. The van der Waals surface area contributed by atoms with Crippen molar-refractivity contribution in [3.05, 3.63) is 35.4 Å². The van der Waals surface area contributed by atoms with Gasteiger partial charge in [0.25, 0.3) is 0 Å². The predicted octanol–water partition coefficient (Wildman–Crippen LogP) is 2.60. The number of nitrogens with one attached hydrogen (secondary N) is 2. The monoisotopic (exact) mass is 294 g/mol. The van der Waals surface area contributed by atoms with Crippen LogP contribution in [0.15, 0.2) is 24.3 Å². The lowest BCUT2D eigenvalue weighted by Gasteiger charge is -2.37. The highest BCUT2D eigenvalue weighted by Crippen LogP contribution is 2.40. The molecule has 1 aromatic carbocycles. The molecule has 1 unspecified atom stereocenters. The van der Waals surface area contributed by atoms with Gasteiger partial charge in [-0.05, 0) is 36.9 Å². The second-order valence-corrected chi connectivity index (χ2v) is 6.08. The van der Waals surface area contributed by atoms with Gasteiger partial charge in [0, 0.05) is 18.0 Å². The molecule has 1 aromatic rings. The molecule has 1 aliphatic carbocycles. The van der Waals surface area contributed by atoms with Crippen LogP contribution in [0.3, 0.4) is 0 Å². The van der Waals surface area contributed by atoms with Crippen molar-refractivity contribution in [2.24, 2.45) is 5.41 Å². The van der Waals surface area contributed by atoms with Crippen LogP contribution >= 0.6 is 12.4 Å². The van der Waals surface area contributed by atoms with Crippen LogP contribution in [0.25, 0.3) is 0 Å². The number of hydrogen-bond acceptors (Lipinski definition) is 2. The molecule has 0 aromatic heterocycles. The Kier molecular flexibility index (Phi) is 4.71. The molecule has 0 bridgehead atoms. The average molecular weight is 295 g/mol. The molecule has 1 aliphatic heterocycles. The number of amides is 1. The summed E-state index contributed by atoms with van der Waals surface area (Å²) in [6, 6.07) is 8.79. The van der Waals surface area contributed by atoms with Gasteiger partial charge in [-0.3, -0.25) is 4.79 Å². The van der Waals surface area contributed by atoms with E-state index < -0.39 is 0 Å². The molecule has 1 atom stereocenters. The van der Waals surface area contributed by atoms with E-state index in [1.165, 1.54) is 17.5 Å². The molecule has 2 N–H and O–H groups in total. The zero-order valence-electron chi connectivity index (χ0n) is 11.9. The number of benzene rings is 1. The van der Waals surface area contributed by atoms with Gasteiger partial charge in [-0.15, -0.1) is 12.4 Å². The minimum atomic E-state index is -0.103. The van der Waals surface area contributed by atoms with Crippen molar-refractivity contribution >= 4 is 18.3 Å². The average Bonchev–Trinajstić information content (AvgIpc) is 2.42. The van der Waals surface area contributed by atoms with Crippen LogP contribution in [-0.4, -0.2) is 19.0 Å². The fourth-order valence-electron chi connectivity index (χ4n) is 3.12. The van der Waals surface area contributed by atoms with E-state index in [4.69, 9.17) is 0 Å². The summed E-state index contributed by atoms with van der Waals surface area (Å²) in [5.41, 5.74) is 2.65. The van der Waals surface area contributed by atoms with E-state index in [1.807, 2.05) is 0 Å². The summed E-state index contributed by atoms with van der Waals surface area (Å²) in [6.45, 7) is 3.77. The van der Waals surface area contributed by atoms with Gasteiger partial charge < -0.3 is 10.6 Å². The highest BCUT2D eigenvalue weighted by molar-refractivity contribution is 5.85. The summed E-state index contributed by atoms with van der Waals surface area (Å²) < 4.78 is 0. The van der Waals surface area contributed by atoms with Crippen molar-refractivity contribution < 1.29 is 4.79 Å². The summed E-state index contributed by atoms with van der Waals surface area (Å²) in [5.74, 6) is 0.226. The van der Waals surface area contributed by atoms with Gasteiger partial charge >= 0.3 is 0 Å². The third-order valence-electron chi connectivity index (χ3n) is 4.69. The fraction of sp³-hybridized carbons (Fsp3) is 0.562. The lowest BCUT2D eigenvalue weighted by Crippen LogP contribution is -2.46. The fourth-order valence-corrected chi connectivity index (χ4v) is 3.12. The van der Waals surface area contributed by atoms with Gasteiger partial charge in [0.15, 0.2) is 0 Å². The molecular weight excluding hydrogens is 272 g/mol. The van der Waals surface area contributed by atoms with Crippen LogP contribution in [0.4, 0.5) is 0 Å². The zero-order chi connectivity index (χ0) is 13.3. The highest BCUT2D eigenvalue weighted by Gasteiger charge is 2.39. The first kappa shape index (κ1) is 15.3. The maximum Gasteiger partial charge on any atom is 0.226 e. The van der Waals surface area contributed by atoms with Gasteiger partial charge in [0.05, 0.1) is 0 Å². The van der Waals surface area contributed by atoms with Crippen molar-refractivity contribution in [1.29, 1.82) is 0 Å². The lowest BCUT2D eigenvalue weighted by atomic mass is 9.70. The SMILES string of the molecule is CC1(C(=O)NCC2NCCc3ccccc32)CCC1.Cl. The van der Waals surface area contributed by atoms with Gasteiger partial charge in [-0.1, -0.05) is 37.6 Å². The van der Waals surface area contributed by atoms with Crippen molar-refractivity contribution in [2.45, 2.75) is 38.6 Å². The number of halogens is 1. The van der Waals surface area contributed by atoms with E-state index in [0.717, 1.165) is 25.8 Å². The molecule has 0 spiro atoms. The molecule has 1 amide bonds. The first-order valence-electron chi connectivity index (χ1n) is 7.28. The number of rotatable bonds is 3. The maximum atomic E-state index is 12.2. The van der Waals surface area contributed by atoms with Gasteiger partial charge in [-0.2, -0.15) is 0 Å². The van der Waals surface area contributed by atoms with Crippen molar-refractivity contribution in [1.82, 2.24) is 10.6 Å². The molecule has 3 rings (SSSR count). The number of hydrogen-bond donors (Lipinski definition) is 2. The smallest absolute Gasteiger partial charge is 0.226 e. The molecule has 3 nitrogen and oxygen atoms in total. The Morgan fingerprint density at radius 3 is 2.85 bits per heavy atom. The summed E-state index contributed by atoms with van der Waals surface area (Å²) >= 11 is 0. The molecule has 1 saturated carbocycles. The molecule has 110 valence electrons. The summed E-state index contributed by atoms with van der Waals surface area (Å²) in [5, 5.41) is 6.64. The molecular formula is C16H23ClN2O. The third kappa shape index (κ3) is 2.84. The first-order chi connectivity index (χ1) is 9.19. The Bertz CT molecular complexity index is 485. The van der Waals surface area contributed by atoms with Crippen LogP contribution < -0.4 is 10.6 Å². The van der Waals surface area contributed by atoms with E-state index in [-0.39, 0.29) is 29.8 Å². The minimum absolute atomic E-state index is 0. The highest BCUT2D eigenvalue weighted by atomic mass is 35.5. The second-order valence-electron chi connectivity index (χ2n) is 6.08. The normalized spacial score (nSPS) is 22.9. The van der Waals surface area contributed by atoms with Gasteiger partial charge in [-0.25, -0.2) is 0 Å². The molecule has 4 heteroatoms. The Balaban J connectivity index is 0.00000147. The van der Waals surface area contributed by atoms with Crippen molar-refractivity contribution in [2.75, 3.05) is 13.1 Å². The number of carbonyl (C=O) groups is 1. The molecule has 0 radical (unpaired) electrons. The molecule has 0 saturated heterocycles. The van der Waals surface area contributed by atoms with E-state index in [9.17, 15) is 4.79 Å². The van der Waals surface area contributed by atoms with Crippen molar-refractivity contribution in [3.63, 3.8) is 0 Å². The molecule has 1 fully saturated rings. The van der Waals surface area contributed by atoms with Gasteiger partial charge in [0.1, 0.15) is 0 Å². The van der Waals surface area contributed by atoms with E-state index in [1.54, 1.807) is 0 Å². The van der Waals surface area contributed by atoms with E-state index in [0.29, 0.717) is 6.54 Å². The van der Waals surface area contributed by atoms with E-state index in [2.05, 4.69) is 41.8 Å². The summed E-state index contributed by atoms with van der Waals surface area (Å²) in [4.78, 5) is 12.2. The zero-order valence-corrected chi connectivity index (χ0v) is 12.8. The Morgan fingerprint density at radius 1 is 1.40 bits per heavy atom. The maximum absolute atomic E-state index is 12.2. The predicted molar refractivity (Wildman–Crippen MR) is 83.1 cm³/mol. The quantitative estimate of drug-likeness (QED) is 0.900. The Hall–Kier alpha value is -1.06. The van der Waals surface area contributed by atoms with Crippen LogP contribution in [0.2, 0.25) is 0 Å². The molecule has 2 aliphatic rings. The standard InChI is InChI=1S/C16H22N2O.ClH/c1-16(8-4-9-16)15(19)18-11-14-13-6-3-2-5-12(13)7-10-17-14;/h2-3,5-6,14,17H,4,7-11H2,1H3,(H,18,19);1H. The summed E-state index contributed by atoms with van der Waals surface area (Å²) in [7, 11) is 0. The van der Waals surface area contributed by atoms with Gasteiger partial charge in [0.2, 0.25) is 5.91 Å². The third-order valence-corrected chi connectivity index (χ3v) is 4.69. The second kappa shape index (κ2) is 6.15. The van der Waals surface area contributed by atoms with E-state index >= 15 is 0 Å². The Labute approximate surface area is 126 Å². The van der Waals surface area contributed by atoms with Crippen LogP contribution in [0.5, 0.6) is 0 Å². The lowest BCUT2D eigenvalue weighted by molar-refractivity contribution is -0.134. The number of carbonyl (C=O) groups excluding carboxylic acids is 1. The van der Waals surface area contributed by atoms with Crippen LogP contribution in [-0.2, 0) is 11.2 Å². The van der Waals surface area contributed by atoms with Crippen LogP contribution in [0.1, 0.15) is 43.4 Å². The first-order valence-corrected chi connectivity index (χ1v) is 7.28. The van der Waals surface area contributed by atoms with Crippen molar-refractivity contribution in [3.8, 4) is 0 Å². The topological polar surface area (TPSA) is 41.1 Å². The van der Waals surface area contributed by atoms with Crippen LogP contribution in [0, 0.1) is 5.41 Å². The summed E-state index contributed by atoms with van der Waals surface area (Å²) in [6.07, 6.45) is 4.34. The molecule has 20 heavy (non-hydrogen) atoms.